The molecule has 1 aromatic heterocycles. The lowest BCUT2D eigenvalue weighted by Gasteiger charge is -2.09. The molecule has 0 bridgehead atoms. The second kappa shape index (κ2) is 5.62. The number of halogens is 2. The van der Waals surface area contributed by atoms with Gasteiger partial charge in [0.25, 0.3) is 0 Å². The van der Waals surface area contributed by atoms with Gasteiger partial charge in [-0.25, -0.2) is 4.79 Å². The molecule has 0 spiro atoms. The number of nitrogens with zero attached hydrogens (tertiary/aromatic N) is 1. The van der Waals surface area contributed by atoms with Crippen LogP contribution in [0.5, 0.6) is 0 Å². The highest BCUT2D eigenvalue weighted by atomic mass is 35.5. The Morgan fingerprint density at radius 2 is 2.10 bits per heavy atom. The Morgan fingerprint density at radius 1 is 1.33 bits per heavy atom. The lowest BCUT2D eigenvalue weighted by molar-refractivity contribution is 0.0460. The van der Waals surface area contributed by atoms with Gasteiger partial charge < -0.3 is 15.0 Å². The number of rotatable bonds is 4. The number of aromatic nitrogens is 1. The third-order valence-corrected chi connectivity index (χ3v) is 3.99. The van der Waals surface area contributed by atoms with Crippen molar-refractivity contribution in [1.29, 1.82) is 0 Å². The molecule has 1 fully saturated rings. The average Bonchev–Trinajstić information content (AvgIpc) is 3.22. The van der Waals surface area contributed by atoms with E-state index in [0.29, 0.717) is 33.0 Å². The minimum absolute atomic E-state index is 0.0774. The van der Waals surface area contributed by atoms with Crippen LogP contribution in [0.4, 0.5) is 5.69 Å². The van der Waals surface area contributed by atoms with Gasteiger partial charge in [0.15, 0.2) is 0 Å². The third-order valence-electron chi connectivity index (χ3n) is 3.39. The van der Waals surface area contributed by atoms with Crippen LogP contribution in [0.15, 0.2) is 30.5 Å². The van der Waals surface area contributed by atoms with Gasteiger partial charge in [0.05, 0.1) is 5.69 Å². The molecule has 0 atom stereocenters. The number of ether oxygens (including phenoxy) is 1. The highest BCUT2D eigenvalue weighted by molar-refractivity contribution is 6.33. The van der Waals surface area contributed by atoms with Crippen molar-refractivity contribution < 1.29 is 9.53 Å². The fourth-order valence-electron chi connectivity index (χ4n) is 2.19. The molecule has 1 aromatic carbocycles. The van der Waals surface area contributed by atoms with Crippen molar-refractivity contribution in [1.82, 2.24) is 4.57 Å². The van der Waals surface area contributed by atoms with Crippen LogP contribution in [0.3, 0.4) is 0 Å². The molecule has 21 heavy (non-hydrogen) atoms. The molecule has 6 heteroatoms. The number of nitrogens with two attached hydrogens (primary N) is 1. The molecule has 0 saturated heterocycles. The zero-order valence-corrected chi connectivity index (χ0v) is 12.7. The first kappa shape index (κ1) is 14.3. The molecule has 1 heterocycles. The van der Waals surface area contributed by atoms with Crippen molar-refractivity contribution >= 4 is 34.9 Å². The van der Waals surface area contributed by atoms with Crippen molar-refractivity contribution in [3.63, 3.8) is 0 Å². The van der Waals surface area contributed by atoms with Crippen molar-refractivity contribution in [2.75, 3.05) is 5.73 Å². The van der Waals surface area contributed by atoms with E-state index in [0.717, 1.165) is 12.8 Å². The molecule has 0 aliphatic heterocycles. The van der Waals surface area contributed by atoms with Gasteiger partial charge in [-0.3, -0.25) is 0 Å². The van der Waals surface area contributed by atoms with E-state index in [-0.39, 0.29) is 6.61 Å². The second-order valence-corrected chi connectivity index (χ2v) is 5.95. The SMILES string of the molecule is Nc1cc(C(=O)OCc2cc(Cl)ccc2Cl)n(C2CC2)c1. The fraction of sp³-hybridized carbons (Fsp3) is 0.267. The molecular weight excluding hydrogens is 311 g/mol. The Balaban J connectivity index is 1.73. The number of nitrogen functional groups attached to an aromatic ring is 1. The molecule has 0 unspecified atom stereocenters. The van der Waals surface area contributed by atoms with E-state index in [1.165, 1.54) is 0 Å². The van der Waals surface area contributed by atoms with Crippen molar-refractivity contribution in [2.24, 2.45) is 0 Å². The maximum atomic E-state index is 12.2. The standard InChI is InChI=1S/C15H14Cl2N2O2/c16-10-1-4-13(17)9(5-10)8-21-15(20)14-6-11(18)7-19(14)12-2-3-12/h1,4-7,12H,2-3,8,18H2. The summed E-state index contributed by atoms with van der Waals surface area (Å²) in [6.07, 6.45) is 3.91. The summed E-state index contributed by atoms with van der Waals surface area (Å²) in [5.41, 5.74) is 7.49. The zero-order valence-electron chi connectivity index (χ0n) is 11.2. The number of hydrogen-bond donors (Lipinski definition) is 1. The number of carbonyl (C=O) groups is 1. The summed E-state index contributed by atoms with van der Waals surface area (Å²) < 4.78 is 7.21. The maximum absolute atomic E-state index is 12.2. The molecular formula is C15H14Cl2N2O2. The Bertz CT molecular complexity index is 693. The minimum atomic E-state index is -0.408. The minimum Gasteiger partial charge on any atom is -0.456 e. The fourth-order valence-corrected chi connectivity index (χ4v) is 2.56. The summed E-state index contributed by atoms with van der Waals surface area (Å²) in [6.45, 7) is 0.0774. The highest BCUT2D eigenvalue weighted by Gasteiger charge is 2.28. The second-order valence-electron chi connectivity index (χ2n) is 5.11. The van der Waals surface area contributed by atoms with Crippen LogP contribution in [0, 0.1) is 0 Å². The lowest BCUT2D eigenvalue weighted by atomic mass is 10.2. The predicted octanol–water partition coefficient (Wildman–Crippen LogP) is 4.07. The van der Waals surface area contributed by atoms with E-state index in [2.05, 4.69) is 0 Å². The first-order valence-electron chi connectivity index (χ1n) is 6.63. The van der Waals surface area contributed by atoms with Crippen LogP contribution in [0.1, 0.15) is 34.9 Å². The molecule has 110 valence electrons. The summed E-state index contributed by atoms with van der Waals surface area (Å²) in [5.74, 6) is -0.408. The third kappa shape index (κ3) is 3.17. The normalized spacial score (nSPS) is 14.2. The van der Waals surface area contributed by atoms with Gasteiger partial charge in [0.2, 0.25) is 0 Å². The van der Waals surface area contributed by atoms with Gasteiger partial charge in [-0.2, -0.15) is 0 Å². The monoisotopic (exact) mass is 324 g/mol. The van der Waals surface area contributed by atoms with Gasteiger partial charge in [-0.05, 0) is 37.1 Å². The molecule has 3 rings (SSSR count). The van der Waals surface area contributed by atoms with E-state index in [4.69, 9.17) is 33.7 Å². The van der Waals surface area contributed by atoms with Crippen LogP contribution in [0.2, 0.25) is 10.0 Å². The number of benzene rings is 1. The van der Waals surface area contributed by atoms with Gasteiger partial charge in [-0.15, -0.1) is 0 Å². The molecule has 1 aliphatic carbocycles. The number of hydrogen-bond acceptors (Lipinski definition) is 3. The van der Waals surface area contributed by atoms with Crippen LogP contribution in [-0.2, 0) is 11.3 Å². The van der Waals surface area contributed by atoms with Crippen LogP contribution < -0.4 is 5.73 Å². The first-order valence-corrected chi connectivity index (χ1v) is 7.38. The highest BCUT2D eigenvalue weighted by Crippen LogP contribution is 2.37. The van der Waals surface area contributed by atoms with E-state index in [1.54, 1.807) is 30.5 Å². The molecule has 0 amide bonds. The van der Waals surface area contributed by atoms with E-state index in [9.17, 15) is 4.79 Å². The molecule has 4 nitrogen and oxygen atoms in total. The molecule has 0 radical (unpaired) electrons. The average molecular weight is 325 g/mol. The summed E-state index contributed by atoms with van der Waals surface area (Å²) in [4.78, 5) is 12.2. The maximum Gasteiger partial charge on any atom is 0.355 e. The largest absolute Gasteiger partial charge is 0.456 e. The van der Waals surface area contributed by atoms with Crippen molar-refractivity contribution in [3.8, 4) is 0 Å². The summed E-state index contributed by atoms with van der Waals surface area (Å²) in [6, 6.07) is 7.05. The molecule has 2 N–H and O–H groups in total. The van der Waals surface area contributed by atoms with E-state index < -0.39 is 5.97 Å². The number of esters is 1. The van der Waals surface area contributed by atoms with Gasteiger partial charge in [0.1, 0.15) is 12.3 Å². The Labute approximate surface area is 132 Å². The lowest BCUT2D eigenvalue weighted by Crippen LogP contribution is -2.11. The summed E-state index contributed by atoms with van der Waals surface area (Å²) in [5, 5.41) is 1.07. The Morgan fingerprint density at radius 3 is 2.81 bits per heavy atom. The van der Waals surface area contributed by atoms with E-state index in [1.807, 2.05) is 4.57 Å². The number of anilines is 1. The quantitative estimate of drug-likeness (QED) is 0.862. The summed E-state index contributed by atoms with van der Waals surface area (Å²) >= 11 is 12.0. The Hall–Kier alpha value is -1.65. The molecule has 1 aliphatic rings. The van der Waals surface area contributed by atoms with Crippen LogP contribution in [-0.4, -0.2) is 10.5 Å². The van der Waals surface area contributed by atoms with Gasteiger partial charge in [0, 0.05) is 27.8 Å². The van der Waals surface area contributed by atoms with E-state index >= 15 is 0 Å². The van der Waals surface area contributed by atoms with Crippen LogP contribution in [0.25, 0.3) is 0 Å². The van der Waals surface area contributed by atoms with Crippen molar-refractivity contribution in [3.05, 3.63) is 51.8 Å². The zero-order chi connectivity index (χ0) is 15.0. The number of carbonyl (C=O) groups excluding carboxylic acids is 1. The summed E-state index contributed by atoms with van der Waals surface area (Å²) in [7, 11) is 0. The topological polar surface area (TPSA) is 57.3 Å². The smallest absolute Gasteiger partial charge is 0.355 e. The van der Waals surface area contributed by atoms with Gasteiger partial charge >= 0.3 is 5.97 Å². The first-order chi connectivity index (χ1) is 10.0. The molecule has 1 saturated carbocycles. The predicted molar refractivity (Wildman–Crippen MR) is 82.7 cm³/mol. The van der Waals surface area contributed by atoms with Gasteiger partial charge in [-0.1, -0.05) is 23.2 Å². The Kier molecular flexibility index (Phi) is 3.83. The van der Waals surface area contributed by atoms with Crippen LogP contribution >= 0.6 is 23.2 Å². The molecule has 2 aromatic rings. The van der Waals surface area contributed by atoms with Crippen molar-refractivity contribution in [2.45, 2.75) is 25.5 Å².